The van der Waals surface area contributed by atoms with Gasteiger partial charge in [-0.1, -0.05) is 19.3 Å². The van der Waals surface area contributed by atoms with Gasteiger partial charge in [0.05, 0.1) is 0 Å². The van der Waals surface area contributed by atoms with Crippen LogP contribution in [-0.4, -0.2) is 20.8 Å². The highest BCUT2D eigenvalue weighted by Gasteiger charge is 2.21. The molecule has 0 aromatic carbocycles. The van der Waals surface area contributed by atoms with Gasteiger partial charge in [-0.2, -0.15) is 5.10 Å². The Morgan fingerprint density at radius 1 is 1.47 bits per heavy atom. The molecule has 4 nitrogen and oxygen atoms in total. The van der Waals surface area contributed by atoms with Crippen LogP contribution in [0.3, 0.4) is 0 Å². The summed E-state index contributed by atoms with van der Waals surface area (Å²) in [6.45, 7) is 0. The first kappa shape index (κ1) is 10.6. The molecule has 0 radical (unpaired) electrons. The number of hydrogen-bond acceptors (Lipinski definition) is 3. The molecule has 0 amide bonds. The normalized spacial score (nSPS) is 20.4. The van der Waals surface area contributed by atoms with Crippen LogP contribution in [0.15, 0.2) is 6.33 Å². The van der Waals surface area contributed by atoms with Crippen LogP contribution in [0.2, 0.25) is 0 Å². The van der Waals surface area contributed by atoms with Crippen molar-refractivity contribution in [3.8, 4) is 0 Å². The molecule has 1 atom stereocenters. The van der Waals surface area contributed by atoms with Crippen LogP contribution in [0.5, 0.6) is 0 Å². The van der Waals surface area contributed by atoms with Crippen molar-refractivity contribution in [2.45, 2.75) is 44.6 Å². The maximum absolute atomic E-state index is 6.23. The topological polar surface area (TPSA) is 56.7 Å². The van der Waals surface area contributed by atoms with Crippen LogP contribution in [0, 0.1) is 5.92 Å². The zero-order valence-electron chi connectivity index (χ0n) is 9.39. The van der Waals surface area contributed by atoms with Crippen molar-refractivity contribution in [3.05, 3.63) is 12.2 Å². The quantitative estimate of drug-likeness (QED) is 0.813. The molecule has 1 aromatic rings. The van der Waals surface area contributed by atoms with Gasteiger partial charge in [0, 0.05) is 19.5 Å². The molecule has 15 heavy (non-hydrogen) atoms. The van der Waals surface area contributed by atoms with Gasteiger partial charge in [0.1, 0.15) is 12.2 Å². The molecule has 1 saturated carbocycles. The maximum atomic E-state index is 6.23. The van der Waals surface area contributed by atoms with E-state index in [-0.39, 0.29) is 6.04 Å². The van der Waals surface area contributed by atoms with E-state index in [1.165, 1.54) is 32.1 Å². The minimum absolute atomic E-state index is 0.258. The molecule has 4 heteroatoms. The fraction of sp³-hybridized carbons (Fsp3) is 0.818. The monoisotopic (exact) mass is 208 g/mol. The van der Waals surface area contributed by atoms with E-state index >= 15 is 0 Å². The summed E-state index contributed by atoms with van der Waals surface area (Å²) in [6.07, 6.45) is 9.11. The number of aromatic nitrogens is 3. The fourth-order valence-corrected chi connectivity index (χ4v) is 2.44. The lowest BCUT2D eigenvalue weighted by Crippen LogP contribution is -2.34. The Morgan fingerprint density at radius 3 is 2.80 bits per heavy atom. The Kier molecular flexibility index (Phi) is 3.36. The Bertz CT molecular complexity index is 301. The summed E-state index contributed by atoms with van der Waals surface area (Å²) in [4.78, 5) is 4.22. The summed E-state index contributed by atoms with van der Waals surface area (Å²) >= 11 is 0. The van der Waals surface area contributed by atoms with E-state index in [2.05, 4.69) is 10.1 Å². The van der Waals surface area contributed by atoms with Gasteiger partial charge in [-0.3, -0.25) is 4.68 Å². The van der Waals surface area contributed by atoms with Crippen molar-refractivity contribution in [2.24, 2.45) is 18.7 Å². The average molecular weight is 208 g/mol. The SMILES string of the molecule is Cn1ncnc1CC(N)C1CCCCC1. The second-order valence-corrected chi connectivity index (χ2v) is 4.57. The van der Waals surface area contributed by atoms with E-state index in [1.54, 1.807) is 6.33 Å². The minimum atomic E-state index is 0.258. The van der Waals surface area contributed by atoms with Crippen molar-refractivity contribution >= 4 is 0 Å². The molecule has 0 saturated heterocycles. The van der Waals surface area contributed by atoms with Gasteiger partial charge >= 0.3 is 0 Å². The first-order chi connectivity index (χ1) is 7.27. The summed E-state index contributed by atoms with van der Waals surface area (Å²) in [7, 11) is 1.93. The molecule has 1 aliphatic rings. The lowest BCUT2D eigenvalue weighted by atomic mass is 9.83. The fourth-order valence-electron chi connectivity index (χ4n) is 2.44. The van der Waals surface area contributed by atoms with E-state index in [9.17, 15) is 0 Å². The summed E-state index contributed by atoms with van der Waals surface area (Å²) in [5.74, 6) is 1.70. The molecule has 0 bridgehead atoms. The molecule has 1 aliphatic carbocycles. The predicted octanol–water partition coefficient (Wildman–Crippen LogP) is 1.27. The van der Waals surface area contributed by atoms with E-state index < -0.39 is 0 Å². The van der Waals surface area contributed by atoms with Gasteiger partial charge in [-0.15, -0.1) is 0 Å². The van der Waals surface area contributed by atoms with Gasteiger partial charge in [0.15, 0.2) is 0 Å². The van der Waals surface area contributed by atoms with Gasteiger partial charge in [-0.25, -0.2) is 4.98 Å². The Morgan fingerprint density at radius 2 is 2.20 bits per heavy atom. The first-order valence-corrected chi connectivity index (χ1v) is 5.86. The molecular weight excluding hydrogens is 188 g/mol. The second kappa shape index (κ2) is 4.75. The predicted molar refractivity (Wildman–Crippen MR) is 59.3 cm³/mol. The Hall–Kier alpha value is -0.900. The smallest absolute Gasteiger partial charge is 0.138 e. The van der Waals surface area contributed by atoms with Crippen LogP contribution in [0.1, 0.15) is 37.9 Å². The molecule has 0 aliphatic heterocycles. The van der Waals surface area contributed by atoms with Crippen molar-refractivity contribution in [2.75, 3.05) is 0 Å². The first-order valence-electron chi connectivity index (χ1n) is 5.86. The second-order valence-electron chi connectivity index (χ2n) is 4.57. The Balaban J connectivity index is 1.91. The van der Waals surface area contributed by atoms with Gasteiger partial charge in [0.2, 0.25) is 0 Å². The number of hydrogen-bond donors (Lipinski definition) is 1. The highest BCUT2D eigenvalue weighted by Crippen LogP contribution is 2.26. The average Bonchev–Trinajstić information content (AvgIpc) is 2.66. The summed E-state index contributed by atoms with van der Waals surface area (Å²) in [5.41, 5.74) is 6.23. The molecule has 2 N–H and O–H groups in total. The summed E-state index contributed by atoms with van der Waals surface area (Å²) < 4.78 is 1.82. The Labute approximate surface area is 90.9 Å². The third-order valence-corrected chi connectivity index (χ3v) is 3.48. The summed E-state index contributed by atoms with van der Waals surface area (Å²) in [6, 6.07) is 0.258. The highest BCUT2D eigenvalue weighted by molar-refractivity contribution is 4.90. The third kappa shape index (κ3) is 2.56. The van der Waals surface area contributed by atoms with Crippen molar-refractivity contribution in [1.29, 1.82) is 0 Å². The number of aryl methyl sites for hydroxylation is 1. The number of rotatable bonds is 3. The van der Waals surface area contributed by atoms with Crippen LogP contribution in [0.4, 0.5) is 0 Å². The molecular formula is C11H20N4. The van der Waals surface area contributed by atoms with E-state index in [0.29, 0.717) is 5.92 Å². The number of nitrogens with zero attached hydrogens (tertiary/aromatic N) is 3. The van der Waals surface area contributed by atoms with Crippen molar-refractivity contribution in [1.82, 2.24) is 14.8 Å². The third-order valence-electron chi connectivity index (χ3n) is 3.48. The molecule has 1 unspecified atom stereocenters. The van der Waals surface area contributed by atoms with Gasteiger partial charge in [0.25, 0.3) is 0 Å². The molecule has 1 fully saturated rings. The van der Waals surface area contributed by atoms with Crippen molar-refractivity contribution in [3.63, 3.8) is 0 Å². The highest BCUT2D eigenvalue weighted by atomic mass is 15.3. The summed E-state index contributed by atoms with van der Waals surface area (Å²) in [5, 5.41) is 4.06. The maximum Gasteiger partial charge on any atom is 0.138 e. The standard InChI is InChI=1S/C11H20N4/c1-15-11(13-8-14-15)7-10(12)9-5-3-2-4-6-9/h8-10H,2-7,12H2,1H3. The van der Waals surface area contributed by atoms with E-state index in [4.69, 9.17) is 5.73 Å². The van der Waals surface area contributed by atoms with E-state index in [0.717, 1.165) is 12.2 Å². The van der Waals surface area contributed by atoms with Crippen LogP contribution < -0.4 is 5.73 Å². The molecule has 0 spiro atoms. The number of nitrogens with two attached hydrogens (primary N) is 1. The van der Waals surface area contributed by atoms with Crippen LogP contribution in [-0.2, 0) is 13.5 Å². The van der Waals surface area contributed by atoms with Crippen LogP contribution >= 0.6 is 0 Å². The lowest BCUT2D eigenvalue weighted by molar-refractivity contribution is 0.299. The largest absolute Gasteiger partial charge is 0.327 e. The molecule has 84 valence electrons. The van der Waals surface area contributed by atoms with E-state index in [1.807, 2.05) is 11.7 Å². The van der Waals surface area contributed by atoms with Crippen molar-refractivity contribution < 1.29 is 0 Å². The molecule has 1 heterocycles. The molecule has 1 aromatic heterocycles. The lowest BCUT2D eigenvalue weighted by Gasteiger charge is -2.27. The van der Waals surface area contributed by atoms with Crippen LogP contribution in [0.25, 0.3) is 0 Å². The zero-order chi connectivity index (χ0) is 10.7. The zero-order valence-corrected chi connectivity index (χ0v) is 9.39. The molecule has 2 rings (SSSR count). The van der Waals surface area contributed by atoms with Gasteiger partial charge < -0.3 is 5.73 Å². The minimum Gasteiger partial charge on any atom is -0.327 e. The van der Waals surface area contributed by atoms with Gasteiger partial charge in [-0.05, 0) is 18.8 Å².